The third-order valence-electron chi connectivity index (χ3n) is 2.58. The zero-order valence-electron chi connectivity index (χ0n) is 10.7. The first-order valence-corrected chi connectivity index (χ1v) is 6.67. The van der Waals surface area contributed by atoms with Gasteiger partial charge in [0.2, 0.25) is 0 Å². The topological polar surface area (TPSA) is 17.1 Å². The van der Waals surface area contributed by atoms with Gasteiger partial charge in [-0.1, -0.05) is 50.8 Å². The van der Waals surface area contributed by atoms with E-state index in [-0.39, 0.29) is 0 Å². The van der Waals surface area contributed by atoms with Crippen LogP contribution in [0, 0.1) is 0 Å². The Morgan fingerprint density at radius 1 is 0.750 bits per heavy atom. The molecule has 0 radical (unpaired) electrons. The fraction of sp³-hybridized carbons (Fsp3) is 0.667. The highest BCUT2D eigenvalue weighted by molar-refractivity contribution is 5.64. The van der Waals surface area contributed by atoms with Crippen molar-refractivity contribution in [3.8, 4) is 0 Å². The number of hydrogen-bond acceptors (Lipinski definition) is 1. The normalized spacial score (nSPS) is 11.6. The van der Waals surface area contributed by atoms with Gasteiger partial charge in [0.15, 0.2) is 0 Å². The molecule has 0 aliphatic rings. The SMILES string of the molecule is CCC/C=C/CCCCCCC/C=C/C=O. The fourth-order valence-electron chi connectivity index (χ4n) is 1.61. The third kappa shape index (κ3) is 13.2. The van der Waals surface area contributed by atoms with E-state index in [9.17, 15) is 4.79 Å². The van der Waals surface area contributed by atoms with Crippen molar-refractivity contribution in [3.05, 3.63) is 24.3 Å². The van der Waals surface area contributed by atoms with Gasteiger partial charge in [0.25, 0.3) is 0 Å². The van der Waals surface area contributed by atoms with E-state index in [0.717, 1.165) is 12.7 Å². The lowest BCUT2D eigenvalue weighted by atomic mass is 10.1. The number of aldehydes is 1. The zero-order chi connectivity index (χ0) is 11.9. The molecule has 0 spiro atoms. The van der Waals surface area contributed by atoms with Gasteiger partial charge in [-0.15, -0.1) is 0 Å². The van der Waals surface area contributed by atoms with Crippen LogP contribution in [0.5, 0.6) is 0 Å². The molecule has 0 aromatic heterocycles. The van der Waals surface area contributed by atoms with Crippen LogP contribution in [0.3, 0.4) is 0 Å². The van der Waals surface area contributed by atoms with Crippen molar-refractivity contribution >= 4 is 6.29 Å². The predicted molar refractivity (Wildman–Crippen MR) is 71.6 cm³/mol. The number of allylic oxidation sites excluding steroid dienone is 4. The maximum atomic E-state index is 9.99. The van der Waals surface area contributed by atoms with Crippen molar-refractivity contribution in [2.75, 3.05) is 0 Å². The maximum Gasteiger partial charge on any atom is 0.142 e. The van der Waals surface area contributed by atoms with Crippen LogP contribution in [0.15, 0.2) is 24.3 Å². The molecule has 0 saturated carbocycles. The van der Waals surface area contributed by atoms with Gasteiger partial charge in [0.05, 0.1) is 0 Å². The van der Waals surface area contributed by atoms with Crippen molar-refractivity contribution in [2.45, 2.75) is 64.7 Å². The minimum atomic E-state index is 0.850. The molecule has 0 saturated heterocycles. The lowest BCUT2D eigenvalue weighted by Crippen LogP contribution is -1.78. The summed E-state index contributed by atoms with van der Waals surface area (Å²) < 4.78 is 0. The van der Waals surface area contributed by atoms with Gasteiger partial charge >= 0.3 is 0 Å². The molecule has 0 bridgehead atoms. The first kappa shape index (κ1) is 15.2. The van der Waals surface area contributed by atoms with Crippen LogP contribution in [-0.4, -0.2) is 6.29 Å². The molecule has 0 aromatic rings. The Bertz CT molecular complexity index is 192. The summed E-state index contributed by atoms with van der Waals surface area (Å²) in [5, 5.41) is 0. The Morgan fingerprint density at radius 3 is 1.94 bits per heavy atom. The molecule has 0 atom stereocenters. The van der Waals surface area contributed by atoms with Gasteiger partial charge in [-0.05, 0) is 38.2 Å². The second-order valence-corrected chi connectivity index (χ2v) is 4.17. The second kappa shape index (κ2) is 14.2. The van der Waals surface area contributed by atoms with Crippen molar-refractivity contribution < 1.29 is 4.79 Å². The van der Waals surface area contributed by atoms with E-state index in [1.165, 1.54) is 51.4 Å². The molecule has 0 unspecified atom stereocenters. The standard InChI is InChI=1S/C15H26O/c1-2-3-4-5-6-7-8-9-10-11-12-13-14-15-16/h4-5,13-15H,2-3,6-12H2,1H3/b5-4+,14-13+. The molecule has 0 aromatic carbocycles. The molecular weight excluding hydrogens is 196 g/mol. The van der Waals surface area contributed by atoms with Gasteiger partial charge in [-0.3, -0.25) is 4.79 Å². The smallest absolute Gasteiger partial charge is 0.142 e. The van der Waals surface area contributed by atoms with E-state index in [4.69, 9.17) is 0 Å². The van der Waals surface area contributed by atoms with Crippen LogP contribution in [0.4, 0.5) is 0 Å². The number of carbonyl (C=O) groups excluding carboxylic acids is 1. The number of unbranched alkanes of at least 4 members (excludes halogenated alkanes) is 7. The van der Waals surface area contributed by atoms with Gasteiger partial charge < -0.3 is 0 Å². The predicted octanol–water partition coefficient (Wildman–Crippen LogP) is 4.83. The lowest BCUT2D eigenvalue weighted by Gasteiger charge is -1.97. The van der Waals surface area contributed by atoms with Crippen LogP contribution in [0.25, 0.3) is 0 Å². The number of carbonyl (C=O) groups is 1. The monoisotopic (exact) mass is 222 g/mol. The second-order valence-electron chi connectivity index (χ2n) is 4.17. The van der Waals surface area contributed by atoms with E-state index in [0.29, 0.717) is 0 Å². The highest BCUT2D eigenvalue weighted by Gasteiger charge is 1.88. The van der Waals surface area contributed by atoms with Crippen LogP contribution >= 0.6 is 0 Å². The van der Waals surface area contributed by atoms with E-state index < -0.39 is 0 Å². The van der Waals surface area contributed by atoms with Crippen LogP contribution in [-0.2, 0) is 4.79 Å². The average molecular weight is 222 g/mol. The summed E-state index contributed by atoms with van der Waals surface area (Å²) in [6.45, 7) is 2.21. The van der Waals surface area contributed by atoms with Crippen molar-refractivity contribution in [2.24, 2.45) is 0 Å². The first-order valence-electron chi connectivity index (χ1n) is 6.67. The average Bonchev–Trinajstić information content (AvgIpc) is 2.31. The van der Waals surface area contributed by atoms with Gasteiger partial charge in [-0.2, -0.15) is 0 Å². The highest BCUT2D eigenvalue weighted by atomic mass is 16.1. The Hall–Kier alpha value is -0.850. The van der Waals surface area contributed by atoms with Crippen LogP contribution < -0.4 is 0 Å². The van der Waals surface area contributed by atoms with E-state index >= 15 is 0 Å². The molecule has 0 rings (SSSR count). The van der Waals surface area contributed by atoms with Gasteiger partial charge in [0, 0.05) is 0 Å². The quantitative estimate of drug-likeness (QED) is 0.212. The molecular formula is C15H26O. The summed E-state index contributed by atoms with van der Waals surface area (Å²) in [5.74, 6) is 0. The molecule has 0 aliphatic heterocycles. The Kier molecular flexibility index (Phi) is 13.4. The van der Waals surface area contributed by atoms with E-state index in [1.807, 2.05) is 6.08 Å². The fourth-order valence-corrected chi connectivity index (χ4v) is 1.61. The molecule has 1 nitrogen and oxygen atoms in total. The van der Waals surface area contributed by atoms with Crippen LogP contribution in [0.2, 0.25) is 0 Å². The summed E-state index contributed by atoms with van der Waals surface area (Å²) in [4.78, 5) is 9.99. The molecule has 16 heavy (non-hydrogen) atoms. The zero-order valence-corrected chi connectivity index (χ0v) is 10.7. The van der Waals surface area contributed by atoms with Crippen molar-refractivity contribution in [3.63, 3.8) is 0 Å². The first-order chi connectivity index (χ1) is 7.91. The lowest BCUT2D eigenvalue weighted by molar-refractivity contribution is -0.104. The molecule has 0 fully saturated rings. The molecule has 0 aliphatic carbocycles. The van der Waals surface area contributed by atoms with E-state index in [1.54, 1.807) is 6.08 Å². The Labute approximate surface area is 101 Å². The van der Waals surface area contributed by atoms with Gasteiger partial charge in [0.1, 0.15) is 6.29 Å². The summed E-state index contributed by atoms with van der Waals surface area (Å²) in [6.07, 6.45) is 20.3. The molecule has 0 amide bonds. The highest BCUT2D eigenvalue weighted by Crippen LogP contribution is 2.08. The van der Waals surface area contributed by atoms with Crippen molar-refractivity contribution in [1.82, 2.24) is 0 Å². The van der Waals surface area contributed by atoms with Crippen molar-refractivity contribution in [1.29, 1.82) is 0 Å². The van der Waals surface area contributed by atoms with Crippen LogP contribution in [0.1, 0.15) is 64.7 Å². The Balaban J connectivity index is 3.04. The molecule has 92 valence electrons. The summed E-state index contributed by atoms with van der Waals surface area (Å²) in [7, 11) is 0. The minimum absolute atomic E-state index is 0.850. The minimum Gasteiger partial charge on any atom is -0.299 e. The summed E-state index contributed by atoms with van der Waals surface area (Å²) in [6, 6.07) is 0. The third-order valence-corrected chi connectivity index (χ3v) is 2.58. The van der Waals surface area contributed by atoms with Gasteiger partial charge in [-0.25, -0.2) is 0 Å². The molecule has 1 heteroatoms. The summed E-state index contributed by atoms with van der Waals surface area (Å²) >= 11 is 0. The maximum absolute atomic E-state index is 9.99. The number of rotatable bonds is 11. The largest absolute Gasteiger partial charge is 0.299 e. The number of hydrogen-bond donors (Lipinski definition) is 0. The molecule has 0 N–H and O–H groups in total. The summed E-state index contributed by atoms with van der Waals surface area (Å²) in [5.41, 5.74) is 0. The van der Waals surface area contributed by atoms with E-state index in [2.05, 4.69) is 19.1 Å². The Morgan fingerprint density at radius 2 is 1.31 bits per heavy atom. The molecule has 0 heterocycles.